The number of nitrogens with zero attached hydrogens (tertiary/aromatic N) is 1. The smallest absolute Gasteiger partial charge is 0.325 e. The van der Waals surface area contributed by atoms with Crippen molar-refractivity contribution in [1.29, 1.82) is 0 Å². The van der Waals surface area contributed by atoms with Gasteiger partial charge in [0.25, 0.3) is 0 Å². The minimum atomic E-state index is -0.430. The summed E-state index contributed by atoms with van der Waals surface area (Å²) in [4.78, 5) is 29.6. The molecule has 2 N–H and O–H groups in total. The van der Waals surface area contributed by atoms with E-state index in [1.165, 1.54) is 30.6 Å². The second-order valence-corrected chi connectivity index (χ2v) is 10.4. The molecular weight excluding hydrogens is 426 g/mol. The standard InChI is InChI=1S/C24H29N3O4S/c1-30-20-4-2-18(3-5-20)26-23-27-19(14-32-23)13-31-21(28)12-25-22(29)24-9-15-6-16(10-24)8-17(7-15)11-24/h2-5,14-17H,6-13H2,1H3,(H,25,29)(H,26,27). The van der Waals surface area contributed by atoms with Crippen molar-refractivity contribution in [2.24, 2.45) is 23.2 Å². The lowest BCUT2D eigenvalue weighted by atomic mass is 9.49. The van der Waals surface area contributed by atoms with Crippen LogP contribution in [0.4, 0.5) is 10.8 Å². The fraction of sp³-hybridized carbons (Fsp3) is 0.542. The van der Waals surface area contributed by atoms with E-state index in [0.717, 1.165) is 35.8 Å². The molecule has 8 heteroatoms. The molecule has 4 aliphatic carbocycles. The number of hydrogen-bond acceptors (Lipinski definition) is 7. The molecule has 4 bridgehead atoms. The molecule has 32 heavy (non-hydrogen) atoms. The molecule has 7 nitrogen and oxygen atoms in total. The molecule has 1 heterocycles. The fourth-order valence-electron chi connectivity index (χ4n) is 6.16. The predicted octanol–water partition coefficient (Wildman–Crippen LogP) is 4.27. The van der Waals surface area contributed by atoms with Crippen LogP contribution < -0.4 is 15.4 Å². The average molecular weight is 456 g/mol. The Morgan fingerprint density at radius 3 is 2.38 bits per heavy atom. The number of hydrogen-bond donors (Lipinski definition) is 2. The number of aromatic nitrogens is 1. The van der Waals surface area contributed by atoms with Gasteiger partial charge in [0, 0.05) is 16.5 Å². The molecule has 0 radical (unpaired) electrons. The van der Waals surface area contributed by atoms with E-state index in [0.29, 0.717) is 23.4 Å². The van der Waals surface area contributed by atoms with Crippen LogP contribution in [0.3, 0.4) is 0 Å². The van der Waals surface area contributed by atoms with Crippen molar-refractivity contribution < 1.29 is 19.1 Å². The van der Waals surface area contributed by atoms with E-state index >= 15 is 0 Å². The maximum Gasteiger partial charge on any atom is 0.325 e. The highest BCUT2D eigenvalue weighted by atomic mass is 32.1. The summed E-state index contributed by atoms with van der Waals surface area (Å²) >= 11 is 1.44. The summed E-state index contributed by atoms with van der Waals surface area (Å²) in [6.07, 6.45) is 6.83. The fourth-order valence-corrected chi connectivity index (χ4v) is 6.88. The molecule has 4 aliphatic rings. The molecule has 4 saturated carbocycles. The molecule has 6 rings (SSSR count). The van der Waals surface area contributed by atoms with Crippen molar-refractivity contribution in [2.45, 2.75) is 45.1 Å². The molecule has 0 saturated heterocycles. The third-order valence-corrected chi connectivity index (χ3v) is 7.99. The SMILES string of the molecule is COc1ccc(Nc2nc(COC(=O)CNC(=O)C34CC5CC(CC(C5)C3)C4)cs2)cc1. The summed E-state index contributed by atoms with van der Waals surface area (Å²) in [6, 6.07) is 7.56. The van der Waals surface area contributed by atoms with Gasteiger partial charge >= 0.3 is 5.97 Å². The van der Waals surface area contributed by atoms with Gasteiger partial charge in [-0.3, -0.25) is 9.59 Å². The second-order valence-electron chi connectivity index (χ2n) is 9.54. The predicted molar refractivity (Wildman–Crippen MR) is 122 cm³/mol. The number of anilines is 2. The Labute approximate surface area is 191 Å². The van der Waals surface area contributed by atoms with Crippen molar-refractivity contribution >= 4 is 34.0 Å². The van der Waals surface area contributed by atoms with Crippen LogP contribution in [0.5, 0.6) is 5.75 Å². The number of ether oxygens (including phenoxy) is 2. The van der Waals surface area contributed by atoms with E-state index in [1.807, 2.05) is 29.6 Å². The van der Waals surface area contributed by atoms with E-state index in [9.17, 15) is 9.59 Å². The van der Waals surface area contributed by atoms with Gasteiger partial charge < -0.3 is 20.1 Å². The summed E-state index contributed by atoms with van der Waals surface area (Å²) in [5.41, 5.74) is 1.33. The van der Waals surface area contributed by atoms with Gasteiger partial charge in [0.2, 0.25) is 5.91 Å². The van der Waals surface area contributed by atoms with E-state index in [-0.39, 0.29) is 24.5 Å². The van der Waals surface area contributed by atoms with Gasteiger partial charge in [0.1, 0.15) is 18.9 Å². The zero-order valence-corrected chi connectivity index (χ0v) is 19.1. The van der Waals surface area contributed by atoms with Crippen LogP contribution in [-0.4, -0.2) is 30.5 Å². The zero-order chi connectivity index (χ0) is 22.1. The molecule has 0 aliphatic heterocycles. The van der Waals surface area contributed by atoms with Gasteiger partial charge in [-0.05, 0) is 80.5 Å². The van der Waals surface area contributed by atoms with Crippen LogP contribution in [0.25, 0.3) is 0 Å². The summed E-state index contributed by atoms with van der Waals surface area (Å²) in [6.45, 7) is 0.00847. The number of thiazole rings is 1. The van der Waals surface area contributed by atoms with Crippen molar-refractivity contribution in [3.63, 3.8) is 0 Å². The summed E-state index contributed by atoms with van der Waals surface area (Å²) in [5.74, 6) is 2.50. The van der Waals surface area contributed by atoms with Crippen LogP contribution >= 0.6 is 11.3 Å². The Morgan fingerprint density at radius 1 is 1.09 bits per heavy atom. The molecule has 170 valence electrons. The average Bonchev–Trinajstić information content (AvgIpc) is 3.23. The van der Waals surface area contributed by atoms with Gasteiger partial charge in [0.05, 0.1) is 12.8 Å². The zero-order valence-electron chi connectivity index (χ0n) is 18.3. The van der Waals surface area contributed by atoms with Crippen molar-refractivity contribution in [2.75, 3.05) is 19.0 Å². The Balaban J connectivity index is 1.07. The van der Waals surface area contributed by atoms with Gasteiger partial charge in [-0.15, -0.1) is 11.3 Å². The Bertz CT molecular complexity index is 952. The van der Waals surface area contributed by atoms with E-state index in [4.69, 9.17) is 9.47 Å². The first-order valence-corrected chi connectivity index (χ1v) is 12.2. The molecule has 0 spiro atoms. The van der Waals surface area contributed by atoms with Crippen LogP contribution in [-0.2, 0) is 20.9 Å². The number of benzene rings is 1. The number of carbonyl (C=O) groups excluding carboxylic acids is 2. The minimum absolute atomic E-state index is 0.0492. The van der Waals surface area contributed by atoms with Gasteiger partial charge in [-0.1, -0.05) is 0 Å². The Hall–Kier alpha value is -2.61. The molecule has 1 aromatic heterocycles. The van der Waals surface area contributed by atoms with Gasteiger partial charge in [-0.2, -0.15) is 0 Å². The molecule has 0 unspecified atom stereocenters. The number of esters is 1. The Kier molecular flexibility index (Phi) is 5.80. The second kappa shape index (κ2) is 8.73. The Morgan fingerprint density at radius 2 is 1.75 bits per heavy atom. The van der Waals surface area contributed by atoms with Crippen LogP contribution in [0.15, 0.2) is 29.6 Å². The number of amides is 1. The molecule has 1 amide bonds. The molecule has 2 aromatic rings. The highest BCUT2D eigenvalue weighted by Gasteiger charge is 2.54. The maximum atomic E-state index is 12.9. The van der Waals surface area contributed by atoms with Crippen LogP contribution in [0, 0.1) is 23.2 Å². The van der Waals surface area contributed by atoms with Crippen molar-refractivity contribution in [3.05, 3.63) is 35.3 Å². The third kappa shape index (κ3) is 4.46. The largest absolute Gasteiger partial charge is 0.497 e. The molecule has 0 atom stereocenters. The maximum absolute atomic E-state index is 12.9. The minimum Gasteiger partial charge on any atom is -0.497 e. The van der Waals surface area contributed by atoms with Crippen molar-refractivity contribution in [1.82, 2.24) is 10.3 Å². The van der Waals surface area contributed by atoms with Gasteiger partial charge in [-0.25, -0.2) is 4.98 Å². The van der Waals surface area contributed by atoms with Crippen molar-refractivity contribution in [3.8, 4) is 5.75 Å². The first-order valence-electron chi connectivity index (χ1n) is 11.3. The topological polar surface area (TPSA) is 89.5 Å². The van der Waals surface area contributed by atoms with E-state index in [1.54, 1.807) is 7.11 Å². The van der Waals surface area contributed by atoms with E-state index < -0.39 is 5.97 Å². The first kappa shape index (κ1) is 21.2. The summed E-state index contributed by atoms with van der Waals surface area (Å²) < 4.78 is 10.5. The highest BCUT2D eigenvalue weighted by molar-refractivity contribution is 7.13. The number of carbonyl (C=O) groups is 2. The van der Waals surface area contributed by atoms with Crippen LogP contribution in [0.2, 0.25) is 0 Å². The monoisotopic (exact) mass is 455 g/mol. The van der Waals surface area contributed by atoms with Crippen LogP contribution in [0.1, 0.15) is 44.2 Å². The lowest BCUT2D eigenvalue weighted by molar-refractivity contribution is -0.151. The third-order valence-electron chi connectivity index (χ3n) is 7.19. The molecular formula is C24H29N3O4S. The summed E-state index contributed by atoms with van der Waals surface area (Å²) in [7, 11) is 1.63. The molecule has 1 aromatic carbocycles. The highest BCUT2D eigenvalue weighted by Crippen LogP contribution is 2.60. The quantitative estimate of drug-likeness (QED) is 0.578. The number of nitrogens with one attached hydrogen (secondary N) is 2. The first-order chi connectivity index (χ1) is 15.5. The lowest BCUT2D eigenvalue weighted by Crippen LogP contribution is -2.54. The van der Waals surface area contributed by atoms with E-state index in [2.05, 4.69) is 15.6 Å². The van der Waals surface area contributed by atoms with Gasteiger partial charge in [0.15, 0.2) is 5.13 Å². The molecule has 4 fully saturated rings. The number of methoxy groups -OCH3 is 1. The lowest BCUT2D eigenvalue weighted by Gasteiger charge is -2.55. The summed E-state index contributed by atoms with van der Waals surface area (Å²) in [5, 5.41) is 8.66. The number of rotatable bonds is 8. The normalized spacial score (nSPS) is 27.7.